The van der Waals surface area contributed by atoms with Crippen LogP contribution in [0.15, 0.2) is 30.3 Å². The van der Waals surface area contributed by atoms with Gasteiger partial charge in [-0.2, -0.15) is 0 Å². The molecule has 0 aliphatic carbocycles. The first-order chi connectivity index (χ1) is 15.6. The molecule has 3 heterocycles. The Morgan fingerprint density at radius 2 is 1.75 bits per heavy atom. The fraction of sp³-hybridized carbons (Fsp3) is 0.591. The molecule has 3 aliphatic rings. The van der Waals surface area contributed by atoms with Crippen molar-refractivity contribution in [1.82, 2.24) is 19.6 Å². The predicted octanol–water partition coefficient (Wildman–Crippen LogP) is 1.68. The van der Waals surface area contributed by atoms with E-state index in [-0.39, 0.29) is 24.6 Å². The lowest BCUT2D eigenvalue weighted by molar-refractivity contribution is -0.134. The monoisotopic (exact) mass is 462 g/mol. The van der Waals surface area contributed by atoms with E-state index >= 15 is 0 Å². The van der Waals surface area contributed by atoms with Crippen molar-refractivity contribution in [3.05, 3.63) is 35.9 Å². The van der Waals surface area contributed by atoms with Gasteiger partial charge in [0.15, 0.2) is 0 Å². The molecule has 1 aromatic carbocycles. The fourth-order valence-corrected chi connectivity index (χ4v) is 5.47. The third kappa shape index (κ3) is 5.12. The molecule has 0 bridgehead atoms. The largest absolute Gasteiger partial charge is 0.453 e. The van der Waals surface area contributed by atoms with E-state index in [4.69, 9.17) is 9.47 Å². The van der Waals surface area contributed by atoms with Crippen molar-refractivity contribution in [2.75, 3.05) is 58.0 Å². The maximum absolute atomic E-state index is 13.2. The van der Waals surface area contributed by atoms with Gasteiger partial charge in [-0.25, -0.2) is 9.59 Å². The summed E-state index contributed by atoms with van der Waals surface area (Å²) in [7, 11) is 1.39. The molecule has 0 N–H and O–H groups in total. The second-order valence-electron chi connectivity index (χ2n) is 8.23. The number of ether oxygens (including phenoxy) is 2. The molecule has 2 unspecified atom stereocenters. The molecule has 174 valence electrons. The van der Waals surface area contributed by atoms with Crippen molar-refractivity contribution in [2.45, 2.75) is 25.1 Å². The number of methoxy groups -OCH3 is 1. The summed E-state index contributed by atoms with van der Waals surface area (Å²) in [6.07, 6.45) is -0.185. The number of carbonyl (C=O) groups is 3. The van der Waals surface area contributed by atoms with Gasteiger partial charge in [0, 0.05) is 51.1 Å². The highest BCUT2D eigenvalue weighted by molar-refractivity contribution is 7.99. The lowest BCUT2D eigenvalue weighted by Crippen LogP contribution is -2.52. The van der Waals surface area contributed by atoms with E-state index in [0.717, 1.165) is 17.9 Å². The molecule has 0 radical (unpaired) electrons. The summed E-state index contributed by atoms with van der Waals surface area (Å²) in [5.41, 5.74) is 0.911. The van der Waals surface area contributed by atoms with E-state index in [1.54, 1.807) is 21.6 Å². The Bertz CT molecular complexity index is 812. The van der Waals surface area contributed by atoms with Crippen LogP contribution in [0.4, 0.5) is 9.59 Å². The third-order valence-electron chi connectivity index (χ3n) is 6.33. The third-order valence-corrected chi connectivity index (χ3v) is 7.30. The van der Waals surface area contributed by atoms with E-state index in [0.29, 0.717) is 45.0 Å². The van der Waals surface area contributed by atoms with Crippen LogP contribution < -0.4 is 0 Å². The van der Waals surface area contributed by atoms with Crippen molar-refractivity contribution in [3.63, 3.8) is 0 Å². The maximum atomic E-state index is 13.2. The highest BCUT2D eigenvalue weighted by atomic mass is 32.2. The van der Waals surface area contributed by atoms with Crippen molar-refractivity contribution in [2.24, 2.45) is 0 Å². The summed E-state index contributed by atoms with van der Waals surface area (Å²) in [5.74, 6) is 1.60. The molecule has 3 saturated heterocycles. The molecule has 0 aromatic heterocycles. The van der Waals surface area contributed by atoms with E-state index in [9.17, 15) is 14.4 Å². The zero-order valence-corrected chi connectivity index (χ0v) is 19.2. The minimum atomic E-state index is -0.513. The van der Waals surface area contributed by atoms with Gasteiger partial charge in [-0.15, -0.1) is 11.8 Å². The molecule has 3 fully saturated rings. The van der Waals surface area contributed by atoms with E-state index in [1.807, 2.05) is 35.2 Å². The molecule has 3 aliphatic heterocycles. The van der Waals surface area contributed by atoms with Gasteiger partial charge < -0.3 is 19.3 Å². The number of carbonyl (C=O) groups excluding carboxylic acids is 3. The highest BCUT2D eigenvalue weighted by Gasteiger charge is 2.45. The minimum Gasteiger partial charge on any atom is -0.453 e. The van der Waals surface area contributed by atoms with Crippen LogP contribution in [0, 0.1) is 0 Å². The Morgan fingerprint density at radius 3 is 2.41 bits per heavy atom. The van der Waals surface area contributed by atoms with Gasteiger partial charge in [-0.3, -0.25) is 14.6 Å². The number of piperazine rings is 1. The van der Waals surface area contributed by atoms with Gasteiger partial charge >= 0.3 is 12.2 Å². The van der Waals surface area contributed by atoms with Crippen LogP contribution in [0.2, 0.25) is 0 Å². The number of likely N-dealkylation sites (tertiary alicyclic amines) is 1. The van der Waals surface area contributed by atoms with Crippen molar-refractivity contribution in [3.8, 4) is 0 Å². The van der Waals surface area contributed by atoms with Crippen LogP contribution in [0.5, 0.6) is 0 Å². The normalized spacial score (nSPS) is 24.0. The first kappa shape index (κ1) is 22.7. The quantitative estimate of drug-likeness (QED) is 0.673. The molecule has 9 nitrogen and oxygen atoms in total. The summed E-state index contributed by atoms with van der Waals surface area (Å²) in [4.78, 5) is 45.4. The summed E-state index contributed by atoms with van der Waals surface area (Å²) < 4.78 is 10.4. The van der Waals surface area contributed by atoms with Crippen LogP contribution in [0.1, 0.15) is 12.0 Å². The number of amides is 3. The van der Waals surface area contributed by atoms with Gasteiger partial charge in [0.25, 0.3) is 0 Å². The summed E-state index contributed by atoms with van der Waals surface area (Å²) in [5, 5.41) is 0. The van der Waals surface area contributed by atoms with Crippen molar-refractivity contribution in [1.29, 1.82) is 0 Å². The summed E-state index contributed by atoms with van der Waals surface area (Å²) in [6.45, 7) is 3.87. The zero-order chi connectivity index (χ0) is 22.5. The first-order valence-corrected chi connectivity index (χ1v) is 12.1. The Kier molecular flexibility index (Phi) is 7.41. The number of thioether (sulfide) groups is 1. The Labute approximate surface area is 192 Å². The predicted molar refractivity (Wildman–Crippen MR) is 120 cm³/mol. The second kappa shape index (κ2) is 10.4. The first-order valence-electron chi connectivity index (χ1n) is 11.0. The van der Waals surface area contributed by atoms with Crippen LogP contribution in [0.3, 0.4) is 0 Å². The lowest BCUT2D eigenvalue weighted by atomic mass is 10.1. The molecule has 2 atom stereocenters. The summed E-state index contributed by atoms with van der Waals surface area (Å²) >= 11 is 1.73. The molecule has 4 rings (SSSR count). The Balaban J connectivity index is 1.41. The van der Waals surface area contributed by atoms with Crippen molar-refractivity contribution < 1.29 is 23.9 Å². The maximum Gasteiger partial charge on any atom is 0.410 e. The molecule has 0 spiro atoms. The second-order valence-corrected chi connectivity index (χ2v) is 9.30. The molecule has 32 heavy (non-hydrogen) atoms. The minimum absolute atomic E-state index is 0.00218. The van der Waals surface area contributed by atoms with Gasteiger partial charge in [0.1, 0.15) is 12.6 Å². The summed E-state index contributed by atoms with van der Waals surface area (Å²) in [6, 6.07) is 9.08. The average molecular weight is 463 g/mol. The van der Waals surface area contributed by atoms with Crippen LogP contribution >= 0.6 is 11.8 Å². The number of nitrogens with zero attached hydrogens (tertiary/aromatic N) is 4. The number of hydrogen-bond donors (Lipinski definition) is 0. The molecule has 10 heteroatoms. The Morgan fingerprint density at radius 1 is 1.00 bits per heavy atom. The van der Waals surface area contributed by atoms with Gasteiger partial charge in [-0.1, -0.05) is 30.3 Å². The molecule has 1 aromatic rings. The van der Waals surface area contributed by atoms with Gasteiger partial charge in [-0.05, 0) is 12.0 Å². The van der Waals surface area contributed by atoms with E-state index < -0.39 is 12.1 Å². The fourth-order valence-electron chi connectivity index (χ4n) is 4.51. The smallest absolute Gasteiger partial charge is 0.410 e. The number of benzene rings is 1. The van der Waals surface area contributed by atoms with Gasteiger partial charge in [0.2, 0.25) is 5.91 Å². The number of rotatable bonds is 4. The molecule has 3 amide bonds. The zero-order valence-electron chi connectivity index (χ0n) is 18.4. The Hall–Kier alpha value is -2.46. The highest BCUT2D eigenvalue weighted by Crippen LogP contribution is 2.28. The SMILES string of the molecule is COC(=O)N1CCN(C2CC(C(=O)N3CCSC3)N(C(=O)OCc3ccccc3)C2)CC1. The van der Waals surface area contributed by atoms with Gasteiger partial charge in [0.05, 0.1) is 13.0 Å². The van der Waals surface area contributed by atoms with Crippen LogP contribution in [0.25, 0.3) is 0 Å². The topological polar surface area (TPSA) is 82.6 Å². The van der Waals surface area contributed by atoms with E-state index in [1.165, 1.54) is 7.11 Å². The molecular formula is C22H30N4O5S. The van der Waals surface area contributed by atoms with Crippen molar-refractivity contribution >= 4 is 29.9 Å². The molecular weight excluding hydrogens is 432 g/mol. The van der Waals surface area contributed by atoms with E-state index in [2.05, 4.69) is 4.90 Å². The van der Waals surface area contributed by atoms with Crippen LogP contribution in [-0.4, -0.2) is 108 Å². The average Bonchev–Trinajstić information content (AvgIpc) is 3.53. The number of hydrogen-bond acceptors (Lipinski definition) is 7. The standard InChI is InChI=1S/C22H30N4O5S/c1-30-21(28)24-9-7-23(8-10-24)18-13-19(20(27)25-11-12-32-16-25)26(14-18)22(29)31-15-17-5-3-2-4-6-17/h2-6,18-19H,7-16H2,1H3. The molecule has 0 saturated carbocycles. The lowest BCUT2D eigenvalue weighted by Gasteiger charge is -2.37. The van der Waals surface area contributed by atoms with Crippen LogP contribution in [-0.2, 0) is 20.9 Å².